The van der Waals surface area contributed by atoms with Crippen LogP contribution in [0.25, 0.3) is 0 Å². The van der Waals surface area contributed by atoms with Gasteiger partial charge in [0, 0.05) is 12.1 Å². The highest BCUT2D eigenvalue weighted by atomic mass is 16.5. The Hall–Kier alpha value is -2.09. The molecule has 28 heavy (non-hydrogen) atoms. The van der Waals surface area contributed by atoms with E-state index in [2.05, 4.69) is 109 Å². The zero-order chi connectivity index (χ0) is 21.1. The minimum absolute atomic E-state index is 0.157. The van der Waals surface area contributed by atoms with Gasteiger partial charge >= 0.3 is 6.40 Å². The maximum Gasteiger partial charge on any atom is 0.335 e. The molecule has 0 aliphatic heterocycles. The van der Waals surface area contributed by atoms with E-state index in [1.54, 1.807) is 0 Å². The molecule has 0 saturated carbocycles. The number of nitrogens with zero attached hydrogens (tertiary/aromatic N) is 1. The second kappa shape index (κ2) is 8.94. The Labute approximate surface area is 172 Å². The van der Waals surface area contributed by atoms with E-state index in [-0.39, 0.29) is 5.41 Å². The third-order valence-corrected chi connectivity index (χ3v) is 5.19. The molecule has 0 heterocycles. The third-order valence-electron chi connectivity index (χ3n) is 5.19. The molecule has 0 amide bonds. The Kier molecular flexibility index (Phi) is 7.09. The van der Waals surface area contributed by atoms with E-state index in [1.165, 1.54) is 16.7 Å². The van der Waals surface area contributed by atoms with Gasteiger partial charge in [-0.15, -0.1) is 0 Å². The first-order valence-electron chi connectivity index (χ1n) is 10.5. The lowest BCUT2D eigenvalue weighted by Gasteiger charge is -2.19. The van der Waals surface area contributed by atoms with Crippen LogP contribution in [0.5, 0.6) is 5.75 Å². The van der Waals surface area contributed by atoms with Gasteiger partial charge in [-0.1, -0.05) is 78.8 Å². The Morgan fingerprint density at radius 3 is 1.68 bits per heavy atom. The van der Waals surface area contributed by atoms with Crippen LogP contribution in [0.2, 0.25) is 0 Å². The predicted molar refractivity (Wildman–Crippen MR) is 122 cm³/mol. The van der Waals surface area contributed by atoms with Crippen LogP contribution in [-0.2, 0) is 5.41 Å². The molecule has 0 spiro atoms. The van der Waals surface area contributed by atoms with Gasteiger partial charge in [0.05, 0.1) is 0 Å². The molecule has 0 aliphatic rings. The van der Waals surface area contributed by atoms with Crippen LogP contribution in [0, 0.1) is 0 Å². The SMILES string of the molecule is CC(C)c1cccc(C(C)C)c1OC=[N+](c1ccc(C(C)(C)C)cc1)C(C)C. The van der Waals surface area contributed by atoms with Gasteiger partial charge in [0.2, 0.25) is 5.69 Å². The standard InChI is InChI=1S/C26H38NO/c1-18(2)23-11-10-12-24(19(3)4)25(23)28-17-27(20(5)6)22-15-13-21(14-16-22)26(7,8)9/h10-20H,1-9H3/q+1. The number of para-hydroxylation sites is 1. The smallest absolute Gasteiger partial charge is 0.335 e. The van der Waals surface area contributed by atoms with E-state index in [4.69, 9.17) is 4.74 Å². The maximum atomic E-state index is 6.37. The molecule has 2 rings (SSSR count). The monoisotopic (exact) mass is 380 g/mol. The first-order valence-corrected chi connectivity index (χ1v) is 10.5. The molecule has 0 aliphatic carbocycles. The summed E-state index contributed by atoms with van der Waals surface area (Å²) in [5.41, 5.74) is 5.16. The van der Waals surface area contributed by atoms with Gasteiger partial charge in [-0.2, -0.15) is 4.58 Å². The molecular weight excluding hydrogens is 342 g/mol. The summed E-state index contributed by atoms with van der Waals surface area (Å²) < 4.78 is 8.57. The number of benzene rings is 2. The van der Waals surface area contributed by atoms with Crippen LogP contribution in [0.4, 0.5) is 5.69 Å². The molecule has 0 bridgehead atoms. The van der Waals surface area contributed by atoms with Gasteiger partial charge in [0.25, 0.3) is 0 Å². The van der Waals surface area contributed by atoms with Gasteiger partial charge < -0.3 is 4.74 Å². The van der Waals surface area contributed by atoms with Gasteiger partial charge in [-0.3, -0.25) is 0 Å². The Bertz CT molecular complexity index is 779. The molecule has 0 radical (unpaired) electrons. The van der Waals surface area contributed by atoms with Crippen LogP contribution in [-0.4, -0.2) is 17.0 Å². The zero-order valence-corrected chi connectivity index (χ0v) is 19.2. The molecule has 152 valence electrons. The fourth-order valence-electron chi connectivity index (χ4n) is 3.34. The molecule has 2 aromatic rings. The average Bonchev–Trinajstić information content (AvgIpc) is 2.60. The van der Waals surface area contributed by atoms with Crippen LogP contribution in [0.15, 0.2) is 42.5 Å². The summed E-state index contributed by atoms with van der Waals surface area (Å²) >= 11 is 0. The summed E-state index contributed by atoms with van der Waals surface area (Å²) in [6.45, 7) is 20.0. The molecule has 0 N–H and O–H groups in total. The average molecular weight is 381 g/mol. The molecule has 2 nitrogen and oxygen atoms in total. The van der Waals surface area contributed by atoms with Gasteiger partial charge in [0.1, 0.15) is 5.75 Å². The van der Waals surface area contributed by atoms with E-state index < -0.39 is 0 Å². The fourth-order valence-corrected chi connectivity index (χ4v) is 3.34. The predicted octanol–water partition coefficient (Wildman–Crippen LogP) is 7.39. The van der Waals surface area contributed by atoms with Crippen molar-refractivity contribution in [2.24, 2.45) is 0 Å². The second-order valence-corrected chi connectivity index (χ2v) is 9.60. The minimum atomic E-state index is 0.157. The second-order valence-electron chi connectivity index (χ2n) is 9.60. The van der Waals surface area contributed by atoms with Crippen molar-refractivity contribution in [3.05, 3.63) is 59.2 Å². The Balaban J connectivity index is 2.44. The van der Waals surface area contributed by atoms with Crippen molar-refractivity contribution in [2.45, 2.75) is 85.6 Å². The number of hydrogen-bond acceptors (Lipinski definition) is 1. The summed E-state index contributed by atoms with van der Waals surface area (Å²) in [7, 11) is 0. The molecule has 0 aromatic heterocycles. The van der Waals surface area contributed by atoms with E-state index in [0.717, 1.165) is 11.4 Å². The van der Waals surface area contributed by atoms with Crippen LogP contribution < -0.4 is 4.74 Å². The van der Waals surface area contributed by atoms with Crippen molar-refractivity contribution in [3.8, 4) is 5.75 Å². The lowest BCUT2D eigenvalue weighted by atomic mass is 9.87. The Morgan fingerprint density at radius 2 is 1.29 bits per heavy atom. The molecule has 0 unspecified atom stereocenters. The van der Waals surface area contributed by atoms with Gasteiger partial charge in [0.15, 0.2) is 6.04 Å². The third kappa shape index (κ3) is 5.25. The van der Waals surface area contributed by atoms with Crippen LogP contribution in [0.3, 0.4) is 0 Å². The van der Waals surface area contributed by atoms with Crippen molar-refractivity contribution in [1.82, 2.24) is 0 Å². The molecular formula is C26H38NO+. The van der Waals surface area contributed by atoms with E-state index in [1.807, 2.05) is 6.40 Å². The van der Waals surface area contributed by atoms with Crippen LogP contribution in [0.1, 0.15) is 90.8 Å². The fraction of sp³-hybridized carbons (Fsp3) is 0.500. The molecule has 0 fully saturated rings. The minimum Gasteiger partial charge on any atom is -0.410 e. The van der Waals surface area contributed by atoms with Crippen molar-refractivity contribution in [3.63, 3.8) is 0 Å². The van der Waals surface area contributed by atoms with Crippen molar-refractivity contribution < 1.29 is 9.31 Å². The van der Waals surface area contributed by atoms with E-state index in [0.29, 0.717) is 17.9 Å². The maximum absolute atomic E-state index is 6.37. The summed E-state index contributed by atoms with van der Waals surface area (Å²) in [5, 5.41) is 0. The highest BCUT2D eigenvalue weighted by Gasteiger charge is 2.20. The quantitative estimate of drug-likeness (QED) is 0.289. The summed E-state index contributed by atoms with van der Waals surface area (Å²) in [6.07, 6.45) is 1.89. The Morgan fingerprint density at radius 1 is 0.786 bits per heavy atom. The number of rotatable bonds is 6. The lowest BCUT2D eigenvalue weighted by molar-refractivity contribution is -0.477. The lowest BCUT2D eigenvalue weighted by Crippen LogP contribution is -2.20. The normalized spacial score (nSPS) is 12.9. The zero-order valence-electron chi connectivity index (χ0n) is 19.2. The van der Waals surface area contributed by atoms with Crippen molar-refractivity contribution in [2.75, 3.05) is 0 Å². The highest BCUT2D eigenvalue weighted by Crippen LogP contribution is 2.34. The van der Waals surface area contributed by atoms with Gasteiger partial charge in [-0.05, 0) is 47.8 Å². The van der Waals surface area contributed by atoms with Gasteiger partial charge in [-0.25, -0.2) is 0 Å². The highest BCUT2D eigenvalue weighted by molar-refractivity contribution is 5.55. The summed E-state index contributed by atoms with van der Waals surface area (Å²) in [4.78, 5) is 0. The van der Waals surface area contributed by atoms with E-state index in [9.17, 15) is 0 Å². The van der Waals surface area contributed by atoms with Crippen molar-refractivity contribution >= 4 is 12.1 Å². The van der Waals surface area contributed by atoms with Crippen LogP contribution >= 0.6 is 0 Å². The number of ether oxygens (including phenoxy) is 1. The number of hydrogen-bond donors (Lipinski definition) is 0. The van der Waals surface area contributed by atoms with Crippen molar-refractivity contribution in [1.29, 1.82) is 0 Å². The molecule has 0 atom stereocenters. The van der Waals surface area contributed by atoms with E-state index >= 15 is 0 Å². The summed E-state index contributed by atoms with van der Waals surface area (Å²) in [5.74, 6) is 1.84. The first-order chi connectivity index (χ1) is 13.0. The molecule has 2 aromatic carbocycles. The molecule has 2 heteroatoms. The topological polar surface area (TPSA) is 12.2 Å². The molecule has 0 saturated heterocycles. The summed E-state index contributed by atoms with van der Waals surface area (Å²) in [6, 6.07) is 15.6. The largest absolute Gasteiger partial charge is 0.410 e. The first kappa shape index (κ1) is 22.2.